The second kappa shape index (κ2) is 6.30. The number of halogens is 1. The summed E-state index contributed by atoms with van der Waals surface area (Å²) in [4.78, 5) is 1.27. The highest BCUT2D eigenvalue weighted by atomic mass is 35.5. The Morgan fingerprint density at radius 1 is 1.20 bits per heavy atom. The maximum absolute atomic E-state index is 5.94. The minimum atomic E-state index is 0.211. The van der Waals surface area contributed by atoms with Crippen molar-refractivity contribution in [2.24, 2.45) is 0 Å². The first-order valence-electron chi connectivity index (χ1n) is 6.93. The first-order chi connectivity index (χ1) is 9.36. The standard InChI is InChI=1S/C17H22ClNS/c1-12(19-10-16-9-15(18)11-20-16)13-5-7-14(8-6-13)17(2,3)4/h5-9,11-12,19H,10H2,1-4H3. The molecule has 1 heterocycles. The number of nitrogens with one attached hydrogen (secondary N) is 1. The van der Waals surface area contributed by atoms with E-state index in [-0.39, 0.29) is 5.41 Å². The summed E-state index contributed by atoms with van der Waals surface area (Å²) in [6.07, 6.45) is 0. The molecule has 1 aromatic heterocycles. The second-order valence-electron chi connectivity index (χ2n) is 6.21. The molecule has 1 aromatic carbocycles. The Bertz CT molecular complexity index is 551. The SMILES string of the molecule is CC(NCc1cc(Cl)cs1)c1ccc(C(C)(C)C)cc1. The number of hydrogen-bond acceptors (Lipinski definition) is 2. The zero-order valence-corrected chi connectivity index (χ0v) is 14.1. The lowest BCUT2D eigenvalue weighted by Crippen LogP contribution is -2.18. The molecule has 0 saturated heterocycles. The minimum Gasteiger partial charge on any atom is -0.305 e. The quantitative estimate of drug-likeness (QED) is 0.781. The molecule has 0 saturated carbocycles. The lowest BCUT2D eigenvalue weighted by Gasteiger charge is -2.20. The topological polar surface area (TPSA) is 12.0 Å². The van der Waals surface area contributed by atoms with E-state index in [1.54, 1.807) is 11.3 Å². The summed E-state index contributed by atoms with van der Waals surface area (Å²) in [7, 11) is 0. The van der Waals surface area contributed by atoms with E-state index in [0.29, 0.717) is 6.04 Å². The molecule has 20 heavy (non-hydrogen) atoms. The highest BCUT2D eigenvalue weighted by Gasteiger charge is 2.14. The van der Waals surface area contributed by atoms with Gasteiger partial charge in [0.05, 0.1) is 5.02 Å². The molecule has 2 aromatic rings. The molecule has 2 rings (SSSR count). The average Bonchev–Trinajstić information content (AvgIpc) is 2.81. The Kier molecular flexibility index (Phi) is 4.90. The fourth-order valence-electron chi connectivity index (χ4n) is 2.09. The van der Waals surface area contributed by atoms with Gasteiger partial charge in [-0.1, -0.05) is 56.6 Å². The number of benzene rings is 1. The van der Waals surface area contributed by atoms with Gasteiger partial charge in [0.15, 0.2) is 0 Å². The normalized spacial score (nSPS) is 13.4. The number of rotatable bonds is 4. The van der Waals surface area contributed by atoms with Crippen molar-refractivity contribution in [2.45, 2.75) is 45.7 Å². The van der Waals surface area contributed by atoms with Crippen LogP contribution < -0.4 is 5.32 Å². The van der Waals surface area contributed by atoms with Gasteiger partial charge in [0.25, 0.3) is 0 Å². The first-order valence-corrected chi connectivity index (χ1v) is 8.19. The second-order valence-corrected chi connectivity index (χ2v) is 7.64. The van der Waals surface area contributed by atoms with Gasteiger partial charge in [-0.05, 0) is 29.5 Å². The smallest absolute Gasteiger partial charge is 0.0516 e. The molecule has 1 N–H and O–H groups in total. The van der Waals surface area contributed by atoms with Crippen LogP contribution in [-0.2, 0) is 12.0 Å². The highest BCUT2D eigenvalue weighted by molar-refractivity contribution is 7.10. The van der Waals surface area contributed by atoms with Gasteiger partial charge in [0.1, 0.15) is 0 Å². The molecule has 0 fully saturated rings. The van der Waals surface area contributed by atoms with E-state index in [9.17, 15) is 0 Å². The zero-order chi connectivity index (χ0) is 14.8. The van der Waals surface area contributed by atoms with Crippen molar-refractivity contribution in [1.29, 1.82) is 0 Å². The maximum Gasteiger partial charge on any atom is 0.0516 e. The summed E-state index contributed by atoms with van der Waals surface area (Å²) in [6.45, 7) is 9.78. The zero-order valence-electron chi connectivity index (χ0n) is 12.5. The van der Waals surface area contributed by atoms with Crippen LogP contribution in [0, 0.1) is 0 Å². The molecular formula is C17H22ClNS. The Morgan fingerprint density at radius 2 is 1.85 bits per heavy atom. The number of thiophene rings is 1. The lowest BCUT2D eigenvalue weighted by molar-refractivity contribution is 0.572. The van der Waals surface area contributed by atoms with Crippen molar-refractivity contribution in [3.8, 4) is 0 Å². The average molecular weight is 308 g/mol. The molecule has 1 nitrogen and oxygen atoms in total. The van der Waals surface area contributed by atoms with Gasteiger partial charge in [0, 0.05) is 22.8 Å². The van der Waals surface area contributed by atoms with Gasteiger partial charge < -0.3 is 5.32 Å². The third-order valence-electron chi connectivity index (χ3n) is 3.48. The fraction of sp³-hybridized carbons (Fsp3) is 0.412. The Hall–Kier alpha value is -0.830. The predicted octanol–water partition coefficient (Wildman–Crippen LogP) is 5.55. The van der Waals surface area contributed by atoms with Crippen LogP contribution in [0.1, 0.15) is 49.7 Å². The van der Waals surface area contributed by atoms with Crippen LogP contribution in [0.5, 0.6) is 0 Å². The van der Waals surface area contributed by atoms with Gasteiger partial charge in [-0.2, -0.15) is 0 Å². The Labute approximate surface area is 131 Å². The molecule has 0 radical (unpaired) electrons. The summed E-state index contributed by atoms with van der Waals surface area (Å²) in [5.41, 5.74) is 2.90. The molecule has 1 unspecified atom stereocenters. The van der Waals surface area contributed by atoms with Crippen molar-refractivity contribution in [3.63, 3.8) is 0 Å². The summed E-state index contributed by atoms with van der Waals surface area (Å²) in [5.74, 6) is 0. The fourth-order valence-corrected chi connectivity index (χ4v) is 3.11. The summed E-state index contributed by atoms with van der Waals surface area (Å²) < 4.78 is 0. The van der Waals surface area contributed by atoms with Crippen LogP contribution in [0.15, 0.2) is 35.7 Å². The summed E-state index contributed by atoms with van der Waals surface area (Å²) in [5, 5.41) is 6.34. The van der Waals surface area contributed by atoms with E-state index in [0.717, 1.165) is 11.6 Å². The Balaban J connectivity index is 1.97. The van der Waals surface area contributed by atoms with Crippen LogP contribution in [0.3, 0.4) is 0 Å². The summed E-state index contributed by atoms with van der Waals surface area (Å²) >= 11 is 7.63. The van der Waals surface area contributed by atoms with Crippen molar-refractivity contribution in [3.05, 3.63) is 56.7 Å². The van der Waals surface area contributed by atoms with Crippen LogP contribution in [0.25, 0.3) is 0 Å². The highest BCUT2D eigenvalue weighted by Crippen LogP contribution is 2.24. The lowest BCUT2D eigenvalue weighted by atomic mass is 9.86. The molecule has 0 spiro atoms. The van der Waals surface area contributed by atoms with Crippen LogP contribution in [-0.4, -0.2) is 0 Å². The van der Waals surface area contributed by atoms with E-state index >= 15 is 0 Å². The van der Waals surface area contributed by atoms with E-state index in [1.165, 1.54) is 16.0 Å². The molecule has 0 aliphatic carbocycles. The van der Waals surface area contributed by atoms with Crippen LogP contribution in [0.4, 0.5) is 0 Å². The molecule has 0 bridgehead atoms. The number of hydrogen-bond donors (Lipinski definition) is 1. The van der Waals surface area contributed by atoms with Crippen molar-refractivity contribution in [1.82, 2.24) is 5.32 Å². The third kappa shape index (κ3) is 4.08. The van der Waals surface area contributed by atoms with Crippen molar-refractivity contribution >= 4 is 22.9 Å². The first kappa shape index (κ1) is 15.6. The van der Waals surface area contributed by atoms with E-state index in [2.05, 4.69) is 57.3 Å². The molecule has 108 valence electrons. The predicted molar refractivity (Wildman–Crippen MR) is 89.7 cm³/mol. The van der Waals surface area contributed by atoms with Crippen molar-refractivity contribution in [2.75, 3.05) is 0 Å². The Morgan fingerprint density at radius 3 is 2.35 bits per heavy atom. The monoisotopic (exact) mass is 307 g/mol. The molecule has 0 aliphatic rings. The molecule has 1 atom stereocenters. The van der Waals surface area contributed by atoms with E-state index in [4.69, 9.17) is 11.6 Å². The van der Waals surface area contributed by atoms with Gasteiger partial charge in [0.2, 0.25) is 0 Å². The molecule has 3 heteroatoms. The van der Waals surface area contributed by atoms with Crippen LogP contribution >= 0.6 is 22.9 Å². The summed E-state index contributed by atoms with van der Waals surface area (Å²) in [6, 6.07) is 11.3. The maximum atomic E-state index is 5.94. The van der Waals surface area contributed by atoms with Gasteiger partial charge in [-0.25, -0.2) is 0 Å². The van der Waals surface area contributed by atoms with E-state index in [1.807, 2.05) is 11.4 Å². The minimum absolute atomic E-state index is 0.211. The van der Waals surface area contributed by atoms with Crippen LogP contribution in [0.2, 0.25) is 5.02 Å². The third-order valence-corrected chi connectivity index (χ3v) is 4.77. The van der Waals surface area contributed by atoms with Gasteiger partial charge >= 0.3 is 0 Å². The van der Waals surface area contributed by atoms with E-state index < -0.39 is 0 Å². The molecule has 0 aliphatic heterocycles. The van der Waals surface area contributed by atoms with Gasteiger partial charge in [-0.3, -0.25) is 0 Å². The van der Waals surface area contributed by atoms with Crippen molar-refractivity contribution < 1.29 is 0 Å². The molecule has 0 amide bonds. The van der Waals surface area contributed by atoms with Gasteiger partial charge in [-0.15, -0.1) is 11.3 Å². The molecular weight excluding hydrogens is 286 g/mol. The largest absolute Gasteiger partial charge is 0.305 e.